The van der Waals surface area contributed by atoms with E-state index < -0.39 is 18.1 Å². The molecule has 0 saturated heterocycles. The standard InChI is InChI=1S/C11H14F2N2O3/c1-17-8-5-15-10(11(12)13)7(4-14)6(8)3-9(16)18-2/h5,11H,3-4,14H2,1-2H3. The number of methoxy groups -OCH3 is 2. The highest BCUT2D eigenvalue weighted by Crippen LogP contribution is 2.29. The van der Waals surface area contributed by atoms with Gasteiger partial charge < -0.3 is 15.2 Å². The summed E-state index contributed by atoms with van der Waals surface area (Å²) in [6.45, 7) is -0.157. The summed E-state index contributed by atoms with van der Waals surface area (Å²) in [5.74, 6) is -0.320. The van der Waals surface area contributed by atoms with Crippen molar-refractivity contribution in [3.05, 3.63) is 23.0 Å². The van der Waals surface area contributed by atoms with Crippen molar-refractivity contribution < 1.29 is 23.0 Å². The number of esters is 1. The first kappa shape index (κ1) is 14.3. The average Bonchev–Trinajstić information content (AvgIpc) is 2.37. The number of carbonyl (C=O) groups is 1. The van der Waals surface area contributed by atoms with Crippen molar-refractivity contribution in [2.24, 2.45) is 5.73 Å². The van der Waals surface area contributed by atoms with Gasteiger partial charge >= 0.3 is 5.97 Å². The van der Waals surface area contributed by atoms with Crippen LogP contribution < -0.4 is 10.5 Å². The van der Waals surface area contributed by atoms with Crippen LogP contribution in [-0.4, -0.2) is 25.2 Å². The van der Waals surface area contributed by atoms with Crippen LogP contribution in [0.15, 0.2) is 6.20 Å². The zero-order valence-corrected chi connectivity index (χ0v) is 10.1. The average molecular weight is 260 g/mol. The number of hydrogen-bond acceptors (Lipinski definition) is 5. The van der Waals surface area contributed by atoms with Crippen molar-refractivity contribution in [3.63, 3.8) is 0 Å². The van der Waals surface area contributed by atoms with Crippen LogP contribution in [0, 0.1) is 0 Å². The Hall–Kier alpha value is -1.76. The van der Waals surface area contributed by atoms with Crippen LogP contribution in [0.5, 0.6) is 5.75 Å². The van der Waals surface area contributed by atoms with Gasteiger partial charge in [-0.25, -0.2) is 8.78 Å². The second-order valence-electron chi connectivity index (χ2n) is 3.43. The number of rotatable bonds is 5. The Morgan fingerprint density at radius 3 is 2.56 bits per heavy atom. The zero-order chi connectivity index (χ0) is 13.7. The lowest BCUT2D eigenvalue weighted by Crippen LogP contribution is -2.14. The van der Waals surface area contributed by atoms with Crippen molar-refractivity contribution in [1.82, 2.24) is 4.98 Å². The van der Waals surface area contributed by atoms with E-state index in [4.69, 9.17) is 10.5 Å². The van der Waals surface area contributed by atoms with Gasteiger partial charge in [-0.2, -0.15) is 0 Å². The molecule has 1 heterocycles. The molecule has 0 aromatic carbocycles. The topological polar surface area (TPSA) is 74.4 Å². The summed E-state index contributed by atoms with van der Waals surface area (Å²) in [7, 11) is 2.58. The Kier molecular flexibility index (Phi) is 4.96. The lowest BCUT2D eigenvalue weighted by atomic mass is 10.0. The lowest BCUT2D eigenvalue weighted by molar-refractivity contribution is -0.139. The molecule has 100 valence electrons. The van der Waals surface area contributed by atoms with Crippen LogP contribution in [0.1, 0.15) is 23.2 Å². The molecule has 2 N–H and O–H groups in total. The highest BCUT2D eigenvalue weighted by Gasteiger charge is 2.22. The van der Waals surface area contributed by atoms with E-state index in [-0.39, 0.29) is 29.8 Å². The van der Waals surface area contributed by atoms with Gasteiger partial charge in [0.25, 0.3) is 6.43 Å². The molecule has 0 saturated carbocycles. The van der Waals surface area contributed by atoms with Crippen LogP contribution in [0.4, 0.5) is 8.78 Å². The summed E-state index contributed by atoms with van der Waals surface area (Å²) in [6.07, 6.45) is -1.79. The second kappa shape index (κ2) is 6.25. The van der Waals surface area contributed by atoms with E-state index in [1.54, 1.807) is 0 Å². The molecule has 7 heteroatoms. The van der Waals surface area contributed by atoms with Crippen molar-refractivity contribution in [3.8, 4) is 5.75 Å². The van der Waals surface area contributed by atoms with Gasteiger partial charge in [0.05, 0.1) is 26.8 Å². The van der Waals surface area contributed by atoms with E-state index >= 15 is 0 Å². The van der Waals surface area contributed by atoms with Gasteiger partial charge in [0.15, 0.2) is 0 Å². The van der Waals surface area contributed by atoms with Gasteiger partial charge in [0.2, 0.25) is 0 Å². The van der Waals surface area contributed by atoms with Gasteiger partial charge in [-0.3, -0.25) is 9.78 Å². The van der Waals surface area contributed by atoms with Gasteiger partial charge in [0.1, 0.15) is 11.4 Å². The molecular formula is C11H14F2N2O3. The fourth-order valence-electron chi connectivity index (χ4n) is 1.59. The molecule has 0 radical (unpaired) electrons. The number of alkyl halides is 2. The largest absolute Gasteiger partial charge is 0.495 e. The minimum atomic E-state index is -2.76. The molecule has 0 spiro atoms. The number of ether oxygens (including phenoxy) is 2. The fraction of sp³-hybridized carbons (Fsp3) is 0.455. The maximum Gasteiger partial charge on any atom is 0.310 e. The summed E-state index contributed by atoms with van der Waals surface area (Å²) in [6, 6.07) is 0. The molecule has 0 aliphatic heterocycles. The van der Waals surface area contributed by atoms with Crippen molar-refractivity contribution >= 4 is 5.97 Å². The van der Waals surface area contributed by atoms with E-state index in [1.165, 1.54) is 14.2 Å². The SMILES string of the molecule is COC(=O)Cc1c(OC)cnc(C(F)F)c1CN. The highest BCUT2D eigenvalue weighted by atomic mass is 19.3. The number of carbonyl (C=O) groups excluding carboxylic acids is 1. The summed E-state index contributed by atoms with van der Waals surface area (Å²) < 4.78 is 35.1. The number of nitrogens with two attached hydrogens (primary N) is 1. The maximum atomic E-state index is 12.8. The molecule has 1 rings (SSSR count). The van der Waals surface area contributed by atoms with E-state index in [1.807, 2.05) is 0 Å². The molecule has 0 fully saturated rings. The lowest BCUT2D eigenvalue weighted by Gasteiger charge is -2.15. The van der Waals surface area contributed by atoms with Crippen LogP contribution in [0.2, 0.25) is 0 Å². The van der Waals surface area contributed by atoms with Crippen molar-refractivity contribution in [2.45, 2.75) is 19.4 Å². The third-order valence-electron chi connectivity index (χ3n) is 2.47. The number of aromatic nitrogens is 1. The summed E-state index contributed by atoms with van der Waals surface area (Å²) >= 11 is 0. The number of pyridine rings is 1. The third-order valence-corrected chi connectivity index (χ3v) is 2.47. The minimum absolute atomic E-state index is 0.120. The molecule has 18 heavy (non-hydrogen) atoms. The summed E-state index contributed by atoms with van der Waals surface area (Å²) in [4.78, 5) is 14.9. The van der Waals surface area contributed by atoms with Gasteiger partial charge in [-0.05, 0) is 0 Å². The molecule has 0 aliphatic carbocycles. The Bertz CT molecular complexity index is 439. The first-order valence-corrected chi connectivity index (χ1v) is 5.14. The predicted octanol–water partition coefficient (Wildman–Crippen LogP) is 1.20. The van der Waals surface area contributed by atoms with E-state index in [0.29, 0.717) is 0 Å². The van der Waals surface area contributed by atoms with Crippen LogP contribution in [-0.2, 0) is 22.5 Å². The van der Waals surface area contributed by atoms with Crippen LogP contribution >= 0.6 is 0 Å². The highest BCUT2D eigenvalue weighted by molar-refractivity contribution is 5.74. The van der Waals surface area contributed by atoms with Crippen LogP contribution in [0.3, 0.4) is 0 Å². The Morgan fingerprint density at radius 1 is 1.44 bits per heavy atom. The fourth-order valence-corrected chi connectivity index (χ4v) is 1.59. The first-order chi connectivity index (χ1) is 8.54. The molecular weight excluding hydrogens is 246 g/mol. The van der Waals surface area contributed by atoms with Gasteiger partial charge in [0, 0.05) is 17.7 Å². The van der Waals surface area contributed by atoms with E-state index in [0.717, 1.165) is 6.20 Å². The van der Waals surface area contributed by atoms with Gasteiger partial charge in [-0.1, -0.05) is 0 Å². The Balaban J connectivity index is 3.32. The molecule has 5 nitrogen and oxygen atoms in total. The quantitative estimate of drug-likeness (QED) is 0.805. The Labute approximate surface area is 103 Å². The first-order valence-electron chi connectivity index (χ1n) is 5.14. The molecule has 0 aliphatic rings. The van der Waals surface area contributed by atoms with Crippen LogP contribution in [0.25, 0.3) is 0 Å². The van der Waals surface area contributed by atoms with E-state index in [9.17, 15) is 13.6 Å². The normalized spacial score (nSPS) is 10.6. The molecule has 0 bridgehead atoms. The van der Waals surface area contributed by atoms with Crippen molar-refractivity contribution in [1.29, 1.82) is 0 Å². The molecule has 0 atom stereocenters. The van der Waals surface area contributed by atoms with Crippen molar-refractivity contribution in [2.75, 3.05) is 14.2 Å². The number of nitrogens with zero attached hydrogens (tertiary/aromatic N) is 1. The summed E-state index contributed by atoms with van der Waals surface area (Å²) in [5, 5.41) is 0. The summed E-state index contributed by atoms with van der Waals surface area (Å²) in [5.41, 5.74) is 5.43. The molecule has 1 aromatic rings. The predicted molar refractivity (Wildman–Crippen MR) is 59.4 cm³/mol. The Morgan fingerprint density at radius 2 is 2.11 bits per heavy atom. The molecule has 0 amide bonds. The number of hydrogen-bond donors (Lipinski definition) is 1. The molecule has 1 aromatic heterocycles. The zero-order valence-electron chi connectivity index (χ0n) is 10.1. The second-order valence-corrected chi connectivity index (χ2v) is 3.43. The van der Waals surface area contributed by atoms with Gasteiger partial charge in [-0.15, -0.1) is 0 Å². The molecule has 0 unspecified atom stereocenters. The van der Waals surface area contributed by atoms with E-state index in [2.05, 4.69) is 9.72 Å². The monoisotopic (exact) mass is 260 g/mol. The smallest absolute Gasteiger partial charge is 0.310 e. The third kappa shape index (κ3) is 2.92. The maximum absolute atomic E-state index is 12.8. The minimum Gasteiger partial charge on any atom is -0.495 e. The number of halogens is 2.